The molecule has 3 rings (SSSR count). The zero-order chi connectivity index (χ0) is 41.6. The molecule has 0 saturated carbocycles. The summed E-state index contributed by atoms with van der Waals surface area (Å²) in [5.41, 5.74) is -1.74. The molecule has 0 aliphatic carbocycles. The molecule has 0 radical (unpaired) electrons. The second-order valence-corrected chi connectivity index (χ2v) is 16.0. The van der Waals surface area contributed by atoms with Crippen LogP contribution in [-0.4, -0.2) is 119 Å². The second kappa shape index (κ2) is 26.5. The van der Waals surface area contributed by atoms with Crippen molar-refractivity contribution in [3.63, 3.8) is 0 Å². The van der Waals surface area contributed by atoms with Crippen LogP contribution >= 0.6 is 0 Å². The van der Waals surface area contributed by atoms with Crippen molar-refractivity contribution >= 4 is 18.0 Å². The van der Waals surface area contributed by atoms with Gasteiger partial charge in [-0.1, -0.05) is 51.4 Å². The first kappa shape index (κ1) is 47.9. The van der Waals surface area contributed by atoms with Gasteiger partial charge in [-0.3, -0.25) is 19.4 Å². The van der Waals surface area contributed by atoms with Gasteiger partial charge in [-0.25, -0.2) is 32.9 Å². The highest BCUT2D eigenvalue weighted by atomic mass is 16.6. The smallest absolute Gasteiger partial charge is 0.407 e. The molecule has 1 N–H and O–H groups in total. The molecular weight excluding hydrogens is 736 g/mol. The summed E-state index contributed by atoms with van der Waals surface area (Å²) in [6.07, 6.45) is 10.4. The molecule has 2 fully saturated rings. The van der Waals surface area contributed by atoms with E-state index in [0.29, 0.717) is 63.8 Å². The molecule has 2 aliphatic heterocycles. The van der Waals surface area contributed by atoms with Gasteiger partial charge in [0.05, 0.1) is 6.61 Å². The van der Waals surface area contributed by atoms with Gasteiger partial charge in [0.1, 0.15) is 18.8 Å². The molecule has 2 saturated heterocycles. The van der Waals surface area contributed by atoms with Crippen LogP contribution in [0.5, 0.6) is 0 Å². The summed E-state index contributed by atoms with van der Waals surface area (Å²) < 4.78 is 24.5. The van der Waals surface area contributed by atoms with Gasteiger partial charge in [-0.2, -0.15) is 0 Å². The lowest BCUT2D eigenvalue weighted by atomic mass is 10.1. The predicted octanol–water partition coefficient (Wildman–Crippen LogP) is 4.06. The summed E-state index contributed by atoms with van der Waals surface area (Å²) in [5, 5.41) is 2.80. The number of nitrogens with one attached hydrogen (secondary N) is 1. The number of nitrogens with zero attached hydrogens (tertiary/aromatic N) is 5. The maximum Gasteiger partial charge on any atom is 0.407 e. The van der Waals surface area contributed by atoms with Crippen LogP contribution in [0.2, 0.25) is 0 Å². The van der Waals surface area contributed by atoms with E-state index in [1.807, 2.05) is 13.8 Å². The zero-order valence-electron chi connectivity index (χ0n) is 35.5. The highest BCUT2D eigenvalue weighted by molar-refractivity contribution is 5.69. The van der Waals surface area contributed by atoms with Crippen molar-refractivity contribution in [2.45, 2.75) is 174 Å². The Morgan fingerprint density at radius 2 is 1.00 bits per heavy atom. The number of aromatic nitrogens is 3. The quantitative estimate of drug-likeness (QED) is 0.0480. The first-order chi connectivity index (χ1) is 27.4. The molecule has 16 heteroatoms. The lowest BCUT2D eigenvalue weighted by Gasteiger charge is -2.15. The van der Waals surface area contributed by atoms with Gasteiger partial charge in [-0.05, 0) is 66.2 Å². The Morgan fingerprint density at radius 1 is 0.596 bits per heavy atom. The lowest BCUT2D eigenvalue weighted by Crippen LogP contribution is -2.54. The largest absolute Gasteiger partial charge is 0.463 e. The van der Waals surface area contributed by atoms with E-state index in [4.69, 9.17) is 18.9 Å². The van der Waals surface area contributed by atoms with E-state index in [2.05, 4.69) is 29.0 Å². The number of methoxy groups -OCH3 is 1. The van der Waals surface area contributed by atoms with Gasteiger partial charge in [0.2, 0.25) is 0 Å². The number of ether oxygens (including phenoxy) is 4. The van der Waals surface area contributed by atoms with E-state index in [9.17, 15) is 28.8 Å². The molecule has 0 aromatic carbocycles. The molecule has 6 unspecified atom stereocenters. The second-order valence-electron chi connectivity index (χ2n) is 16.0. The zero-order valence-corrected chi connectivity index (χ0v) is 35.5. The molecule has 6 atom stereocenters. The topological polar surface area (TPSA) is 172 Å². The van der Waals surface area contributed by atoms with Crippen LogP contribution in [0.4, 0.5) is 4.79 Å². The number of esters is 2. The fourth-order valence-corrected chi connectivity index (χ4v) is 6.98. The Balaban J connectivity index is 1.44. The lowest BCUT2D eigenvalue weighted by molar-refractivity contribution is -0.148. The Kier molecular flexibility index (Phi) is 22.2. The van der Waals surface area contributed by atoms with Crippen molar-refractivity contribution < 1.29 is 33.3 Å². The minimum atomic E-state index is -0.583. The van der Waals surface area contributed by atoms with E-state index >= 15 is 0 Å². The van der Waals surface area contributed by atoms with Gasteiger partial charge in [-0.15, -0.1) is 0 Å². The highest BCUT2D eigenvalue weighted by Crippen LogP contribution is 2.18. The Bertz CT molecular complexity index is 1450. The summed E-state index contributed by atoms with van der Waals surface area (Å²) >= 11 is 0. The van der Waals surface area contributed by atoms with Crippen molar-refractivity contribution in [2.75, 3.05) is 53.0 Å². The third-order valence-corrected chi connectivity index (χ3v) is 10.6. The monoisotopic (exact) mass is 809 g/mol. The highest BCUT2D eigenvalue weighted by Gasteiger charge is 2.31. The molecule has 1 aromatic rings. The average Bonchev–Trinajstić information content (AvgIpc) is 4.06. The number of amides is 1. The van der Waals surface area contributed by atoms with Crippen LogP contribution < -0.4 is 22.4 Å². The summed E-state index contributed by atoms with van der Waals surface area (Å²) in [6, 6.07) is 1.13. The van der Waals surface area contributed by atoms with Crippen LogP contribution in [0.3, 0.4) is 0 Å². The molecule has 16 nitrogen and oxygen atoms in total. The van der Waals surface area contributed by atoms with E-state index in [1.165, 1.54) is 13.7 Å². The SMILES string of the molecule is COCCOC(=O)CCCCCCCn1c(=O)n(CCCCCCCC(=O)OC(C)CN2CC2C)c(=O)n(CCCCCCNC(=O)OC(C)CN2CC2C)c1=O. The molecule has 3 heterocycles. The van der Waals surface area contributed by atoms with Crippen molar-refractivity contribution in [3.8, 4) is 0 Å². The fraction of sp³-hybridized carbons (Fsp3) is 0.854. The van der Waals surface area contributed by atoms with E-state index in [0.717, 1.165) is 90.4 Å². The fourth-order valence-electron chi connectivity index (χ4n) is 6.98. The number of rotatable bonds is 32. The van der Waals surface area contributed by atoms with Gasteiger partial charge in [0.25, 0.3) is 0 Å². The number of unbranched alkanes of at least 4 members (excludes halogenated alkanes) is 11. The number of hydrogen-bond donors (Lipinski definition) is 1. The number of alkyl carbamates (subject to hydrolysis) is 1. The Labute approximate surface area is 338 Å². The number of carbonyl (C=O) groups excluding carboxylic acids is 3. The van der Waals surface area contributed by atoms with E-state index in [-0.39, 0.29) is 50.4 Å². The molecular formula is C41H72N6O10. The Morgan fingerprint density at radius 3 is 1.46 bits per heavy atom. The number of hydrogen-bond acceptors (Lipinski definition) is 12. The predicted molar refractivity (Wildman–Crippen MR) is 217 cm³/mol. The molecule has 326 valence electrons. The molecule has 57 heavy (non-hydrogen) atoms. The van der Waals surface area contributed by atoms with E-state index < -0.39 is 23.2 Å². The van der Waals surface area contributed by atoms with Crippen molar-refractivity contribution in [3.05, 3.63) is 31.5 Å². The van der Waals surface area contributed by atoms with Crippen LogP contribution in [0.25, 0.3) is 0 Å². The summed E-state index contributed by atoms with van der Waals surface area (Å²) in [4.78, 5) is 81.2. The van der Waals surface area contributed by atoms with Crippen molar-refractivity contribution in [1.29, 1.82) is 0 Å². The molecule has 1 amide bonds. The first-order valence-corrected chi connectivity index (χ1v) is 21.6. The van der Waals surface area contributed by atoms with Crippen LogP contribution in [0.15, 0.2) is 14.4 Å². The minimum absolute atomic E-state index is 0.116. The summed E-state index contributed by atoms with van der Waals surface area (Å²) in [7, 11) is 1.55. The molecule has 1 aromatic heterocycles. The molecule has 2 aliphatic rings. The van der Waals surface area contributed by atoms with Crippen molar-refractivity contribution in [2.24, 2.45) is 0 Å². The standard InChI is InChI=1S/C41H72N6O10/c1-32-28-43(32)30-34(3)56-37(49)21-15-9-7-12-18-24-46-39(51)45(23-17-11-6-8-14-20-36(48)55-27-26-54-5)40(52)47(41(46)53)25-19-13-10-16-22-42-38(50)57-35(4)31-44-29-33(44)2/h32-35H,6-31H2,1-5H3,(H,42,50). The van der Waals surface area contributed by atoms with Gasteiger partial charge >= 0.3 is 35.1 Å². The van der Waals surface area contributed by atoms with Crippen LogP contribution in [-0.2, 0) is 48.2 Å². The summed E-state index contributed by atoms with van der Waals surface area (Å²) in [6.45, 7) is 13.4. The van der Waals surface area contributed by atoms with Crippen LogP contribution in [0, 0.1) is 0 Å². The van der Waals surface area contributed by atoms with Crippen LogP contribution in [0.1, 0.15) is 130 Å². The van der Waals surface area contributed by atoms with E-state index in [1.54, 1.807) is 7.11 Å². The normalized spacial score (nSPS) is 19.5. The Hall–Kier alpha value is -3.50. The van der Waals surface area contributed by atoms with Gasteiger partial charge in [0.15, 0.2) is 0 Å². The maximum atomic E-state index is 13.5. The minimum Gasteiger partial charge on any atom is -0.463 e. The maximum absolute atomic E-state index is 13.5. The third-order valence-electron chi connectivity index (χ3n) is 10.6. The molecule has 0 spiro atoms. The first-order valence-electron chi connectivity index (χ1n) is 21.6. The molecule has 0 bridgehead atoms. The average molecular weight is 809 g/mol. The third kappa shape index (κ3) is 19.2. The number of carbonyl (C=O) groups is 3. The van der Waals surface area contributed by atoms with Gasteiger partial charge in [0, 0.05) is 84.4 Å². The summed E-state index contributed by atoms with van der Waals surface area (Å²) in [5.74, 6) is -0.425. The van der Waals surface area contributed by atoms with Crippen molar-refractivity contribution in [1.82, 2.24) is 28.8 Å². The van der Waals surface area contributed by atoms with Gasteiger partial charge < -0.3 is 24.3 Å².